The maximum Gasteiger partial charge on any atom is 0.409 e. The summed E-state index contributed by atoms with van der Waals surface area (Å²) in [4.78, 5) is 28.7. The molecular weight excluding hydrogens is 310 g/mol. The second-order valence-electron chi connectivity index (χ2n) is 5.47. The first-order valence-corrected chi connectivity index (χ1v) is 7.67. The maximum atomic E-state index is 11.9. The van der Waals surface area contributed by atoms with Gasteiger partial charge in [-0.15, -0.1) is 5.10 Å². The summed E-state index contributed by atoms with van der Waals surface area (Å²) in [5.74, 6) is 0. The molecule has 0 aliphatic carbocycles. The highest BCUT2D eigenvalue weighted by Crippen LogP contribution is 2.21. The summed E-state index contributed by atoms with van der Waals surface area (Å²) >= 11 is 0. The Kier molecular flexibility index (Phi) is 5.62. The van der Waals surface area contributed by atoms with Gasteiger partial charge in [0, 0.05) is 31.9 Å². The van der Waals surface area contributed by atoms with Crippen LogP contribution in [0, 0.1) is 6.92 Å². The van der Waals surface area contributed by atoms with Crippen LogP contribution in [0.1, 0.15) is 35.1 Å². The molecule has 0 bridgehead atoms. The number of carbonyl (C=O) groups is 2. The number of ether oxygens (including phenoxy) is 1. The molecule has 0 saturated carbocycles. The molecule has 2 aromatic rings. The van der Waals surface area contributed by atoms with Gasteiger partial charge in [-0.2, -0.15) is 0 Å². The summed E-state index contributed by atoms with van der Waals surface area (Å²) in [5.41, 5.74) is 2.89. The highest BCUT2D eigenvalue weighted by molar-refractivity contribution is 5.77. The van der Waals surface area contributed by atoms with Crippen LogP contribution < -0.4 is 0 Å². The van der Waals surface area contributed by atoms with Crippen LogP contribution in [0.3, 0.4) is 0 Å². The van der Waals surface area contributed by atoms with Crippen molar-refractivity contribution < 1.29 is 14.3 Å². The van der Waals surface area contributed by atoms with Crippen LogP contribution in [0.4, 0.5) is 4.79 Å². The van der Waals surface area contributed by atoms with Crippen LogP contribution in [0.25, 0.3) is 11.4 Å². The largest absolute Gasteiger partial charge is 0.443 e. The average molecular weight is 331 g/mol. The Morgan fingerprint density at radius 1 is 1.42 bits per heavy atom. The Bertz CT molecular complexity index is 741. The number of aromatic nitrogens is 4. The molecule has 1 amide bonds. The van der Waals surface area contributed by atoms with Gasteiger partial charge in [-0.3, -0.25) is 9.78 Å². The Hall–Kier alpha value is -2.77. The number of nitrogens with zero attached hydrogens (tertiary/aromatic N) is 5. The van der Waals surface area contributed by atoms with Gasteiger partial charge in [-0.1, -0.05) is 12.1 Å². The predicted molar refractivity (Wildman–Crippen MR) is 87.5 cm³/mol. The third-order valence-corrected chi connectivity index (χ3v) is 3.64. The van der Waals surface area contributed by atoms with Gasteiger partial charge < -0.3 is 9.64 Å². The third kappa shape index (κ3) is 3.76. The Morgan fingerprint density at radius 2 is 2.17 bits per heavy atom. The van der Waals surface area contributed by atoms with Gasteiger partial charge in [0.1, 0.15) is 18.0 Å². The van der Waals surface area contributed by atoms with Crippen LogP contribution >= 0.6 is 0 Å². The van der Waals surface area contributed by atoms with Gasteiger partial charge >= 0.3 is 6.09 Å². The van der Waals surface area contributed by atoms with Gasteiger partial charge in [-0.25, -0.2) is 9.48 Å². The van der Waals surface area contributed by atoms with Crippen molar-refractivity contribution in [2.24, 2.45) is 7.05 Å². The third-order valence-electron chi connectivity index (χ3n) is 3.64. The molecule has 0 fully saturated rings. The first-order valence-electron chi connectivity index (χ1n) is 7.67. The molecule has 2 aromatic heterocycles. The second kappa shape index (κ2) is 7.67. The number of aldehydes is 1. The smallest absolute Gasteiger partial charge is 0.409 e. The number of aryl methyl sites for hydroxylation is 2. The number of rotatable bonds is 6. The molecule has 2 rings (SSSR count). The molecule has 0 saturated heterocycles. The van der Waals surface area contributed by atoms with Crippen molar-refractivity contribution in [2.45, 2.75) is 26.9 Å². The minimum atomic E-state index is -0.399. The average Bonchev–Trinajstić information content (AvgIpc) is 2.93. The fraction of sp³-hybridized carbons (Fsp3) is 0.438. The van der Waals surface area contributed by atoms with Crippen LogP contribution in [0.5, 0.6) is 0 Å². The lowest BCUT2D eigenvalue weighted by Gasteiger charge is -2.16. The lowest BCUT2D eigenvalue weighted by Crippen LogP contribution is -2.28. The van der Waals surface area contributed by atoms with Crippen molar-refractivity contribution in [3.63, 3.8) is 0 Å². The summed E-state index contributed by atoms with van der Waals surface area (Å²) in [6, 6.07) is 3.39. The van der Waals surface area contributed by atoms with Crippen LogP contribution in [0.15, 0.2) is 12.1 Å². The molecule has 2 heterocycles. The zero-order chi connectivity index (χ0) is 17.7. The van der Waals surface area contributed by atoms with E-state index in [9.17, 15) is 9.59 Å². The van der Waals surface area contributed by atoms with Gasteiger partial charge in [0.25, 0.3) is 0 Å². The topological polar surface area (TPSA) is 90.2 Å². The van der Waals surface area contributed by atoms with E-state index in [1.807, 2.05) is 6.92 Å². The number of pyridine rings is 1. The van der Waals surface area contributed by atoms with E-state index in [0.717, 1.165) is 12.7 Å². The van der Waals surface area contributed by atoms with Gasteiger partial charge in [0.05, 0.1) is 5.69 Å². The van der Waals surface area contributed by atoms with Crippen LogP contribution in [0.2, 0.25) is 0 Å². The predicted octanol–water partition coefficient (Wildman–Crippen LogP) is 1.98. The maximum absolute atomic E-state index is 11.9. The van der Waals surface area contributed by atoms with E-state index in [-0.39, 0.29) is 6.61 Å². The molecule has 0 aliphatic heterocycles. The van der Waals surface area contributed by atoms with Crippen molar-refractivity contribution in [2.75, 3.05) is 13.6 Å². The van der Waals surface area contributed by atoms with Crippen LogP contribution in [-0.4, -0.2) is 50.8 Å². The number of amides is 1. The second-order valence-corrected chi connectivity index (χ2v) is 5.47. The molecule has 128 valence electrons. The zero-order valence-electron chi connectivity index (χ0n) is 14.3. The van der Waals surface area contributed by atoms with Gasteiger partial charge in [-0.05, 0) is 25.5 Å². The molecule has 0 unspecified atom stereocenters. The van der Waals surface area contributed by atoms with Crippen molar-refractivity contribution in [1.82, 2.24) is 24.9 Å². The van der Waals surface area contributed by atoms with E-state index in [2.05, 4.69) is 15.3 Å². The van der Waals surface area contributed by atoms with Crippen molar-refractivity contribution in [1.29, 1.82) is 0 Å². The fourth-order valence-corrected chi connectivity index (χ4v) is 2.23. The van der Waals surface area contributed by atoms with Gasteiger partial charge in [0.15, 0.2) is 6.29 Å². The molecular formula is C16H21N5O3. The minimum absolute atomic E-state index is 0.0435. The molecule has 0 radical (unpaired) electrons. The number of hydrogen-bond donors (Lipinski definition) is 0. The molecule has 24 heavy (non-hydrogen) atoms. The summed E-state index contributed by atoms with van der Waals surface area (Å²) in [6.45, 7) is 4.41. The molecule has 8 nitrogen and oxygen atoms in total. The fourth-order valence-electron chi connectivity index (χ4n) is 2.23. The number of carbonyl (C=O) groups excluding carboxylic acids is 2. The van der Waals surface area contributed by atoms with E-state index in [1.54, 1.807) is 37.8 Å². The Morgan fingerprint density at radius 3 is 2.79 bits per heavy atom. The lowest BCUT2D eigenvalue weighted by molar-refractivity contribution is 0.102. The molecule has 0 atom stereocenters. The van der Waals surface area contributed by atoms with E-state index in [4.69, 9.17) is 4.74 Å². The zero-order valence-corrected chi connectivity index (χ0v) is 14.3. The molecule has 0 N–H and O–H groups in total. The highest BCUT2D eigenvalue weighted by Gasteiger charge is 2.18. The van der Waals surface area contributed by atoms with Crippen molar-refractivity contribution in [3.8, 4) is 11.4 Å². The van der Waals surface area contributed by atoms with E-state index in [1.165, 1.54) is 4.90 Å². The summed E-state index contributed by atoms with van der Waals surface area (Å²) in [7, 11) is 3.42. The summed E-state index contributed by atoms with van der Waals surface area (Å²) in [5, 5.41) is 8.08. The first kappa shape index (κ1) is 17.6. The van der Waals surface area contributed by atoms with Gasteiger partial charge in [0.2, 0.25) is 0 Å². The lowest BCUT2D eigenvalue weighted by atomic mass is 10.1. The summed E-state index contributed by atoms with van der Waals surface area (Å²) in [6.07, 6.45) is 1.22. The monoisotopic (exact) mass is 331 g/mol. The van der Waals surface area contributed by atoms with E-state index in [0.29, 0.717) is 34.9 Å². The molecule has 0 aliphatic rings. The minimum Gasteiger partial charge on any atom is -0.443 e. The first-order chi connectivity index (χ1) is 11.5. The number of hydrogen-bond acceptors (Lipinski definition) is 6. The highest BCUT2D eigenvalue weighted by atomic mass is 16.6. The Labute approximate surface area is 140 Å². The van der Waals surface area contributed by atoms with Crippen LogP contribution in [-0.2, 0) is 18.4 Å². The van der Waals surface area contributed by atoms with Crippen molar-refractivity contribution >= 4 is 12.4 Å². The Balaban J connectivity index is 2.21. The molecule has 0 spiro atoms. The standard InChI is InChI=1S/C16H21N5O3/c1-5-8-20(3)16(23)24-10-14-15(18-19-21(14)4)13-7-6-12(9-22)11(2)17-13/h6-7,9H,5,8,10H2,1-4H3. The van der Waals surface area contributed by atoms with E-state index >= 15 is 0 Å². The SMILES string of the molecule is CCCN(C)C(=O)OCc1c(-c2ccc(C=O)c(C)n2)nnn1C. The molecule has 8 heteroatoms. The normalized spacial score (nSPS) is 10.5. The molecule has 0 aromatic carbocycles. The van der Waals surface area contributed by atoms with Crippen molar-refractivity contribution in [3.05, 3.63) is 29.1 Å². The summed E-state index contributed by atoms with van der Waals surface area (Å²) < 4.78 is 6.87. The quantitative estimate of drug-likeness (QED) is 0.752. The van der Waals surface area contributed by atoms with E-state index < -0.39 is 6.09 Å².